The summed E-state index contributed by atoms with van der Waals surface area (Å²) in [7, 11) is 1.75. The molecule has 0 spiro atoms. The van der Waals surface area contributed by atoms with E-state index in [2.05, 4.69) is 40.3 Å². The summed E-state index contributed by atoms with van der Waals surface area (Å²) in [6.45, 7) is 3.25. The molecule has 0 radical (unpaired) electrons. The second kappa shape index (κ2) is 5.19. The van der Waals surface area contributed by atoms with Crippen molar-refractivity contribution in [1.82, 2.24) is 5.32 Å². The Balaban J connectivity index is 2.23. The van der Waals surface area contributed by atoms with Crippen LogP contribution in [0, 0.1) is 6.92 Å². The first-order valence-electron chi connectivity index (χ1n) is 5.77. The number of aryl methyl sites for hydroxylation is 1. The molecule has 0 aromatic heterocycles. The van der Waals surface area contributed by atoms with Crippen molar-refractivity contribution in [1.29, 1.82) is 0 Å². The average Bonchev–Trinajstić information content (AvgIpc) is 2.70. The minimum atomic E-state index is 0.614. The Kier molecular flexibility index (Phi) is 3.87. The number of nitrogens with one attached hydrogen (secondary N) is 1. The van der Waals surface area contributed by atoms with Crippen LogP contribution in [0.3, 0.4) is 0 Å². The van der Waals surface area contributed by atoms with Gasteiger partial charge in [0.05, 0.1) is 7.11 Å². The highest BCUT2D eigenvalue weighted by Crippen LogP contribution is 2.29. The van der Waals surface area contributed by atoms with Gasteiger partial charge in [0.15, 0.2) is 0 Å². The van der Waals surface area contributed by atoms with Crippen LogP contribution in [0.1, 0.15) is 24.0 Å². The number of ether oxygens (including phenoxy) is 1. The smallest absolute Gasteiger partial charge is 0.125 e. The standard InChI is InChI=1S/C13H18BrNO/c1-9-6-11(14)7-10(13(9)16-2)8-12-4-3-5-15-12/h6-7,12,15H,3-5,8H2,1-2H3. The zero-order valence-corrected chi connectivity index (χ0v) is 11.4. The van der Waals surface area contributed by atoms with Crippen LogP contribution in [0.4, 0.5) is 0 Å². The minimum Gasteiger partial charge on any atom is -0.496 e. The molecule has 1 N–H and O–H groups in total. The Hall–Kier alpha value is -0.540. The third-order valence-corrected chi connectivity index (χ3v) is 3.61. The minimum absolute atomic E-state index is 0.614. The lowest BCUT2D eigenvalue weighted by molar-refractivity contribution is 0.403. The molecule has 0 saturated carbocycles. The Labute approximate surface area is 106 Å². The summed E-state index contributed by atoms with van der Waals surface area (Å²) in [6, 6.07) is 4.89. The van der Waals surface area contributed by atoms with E-state index in [0.29, 0.717) is 6.04 Å². The second-order valence-electron chi connectivity index (χ2n) is 4.41. The predicted octanol–water partition coefficient (Wildman–Crippen LogP) is 3.06. The lowest BCUT2D eigenvalue weighted by Crippen LogP contribution is -2.23. The second-order valence-corrected chi connectivity index (χ2v) is 5.33. The zero-order chi connectivity index (χ0) is 11.5. The number of rotatable bonds is 3. The van der Waals surface area contributed by atoms with Crippen molar-refractivity contribution in [3.8, 4) is 5.75 Å². The SMILES string of the molecule is COc1c(C)cc(Br)cc1CC1CCCN1. The van der Waals surface area contributed by atoms with Gasteiger partial charge in [0, 0.05) is 10.5 Å². The van der Waals surface area contributed by atoms with Crippen molar-refractivity contribution in [2.75, 3.05) is 13.7 Å². The summed E-state index contributed by atoms with van der Waals surface area (Å²) in [4.78, 5) is 0. The van der Waals surface area contributed by atoms with Gasteiger partial charge in [0.2, 0.25) is 0 Å². The van der Waals surface area contributed by atoms with E-state index in [1.807, 2.05) is 0 Å². The maximum atomic E-state index is 5.49. The first kappa shape index (κ1) is 11.9. The van der Waals surface area contributed by atoms with E-state index in [-0.39, 0.29) is 0 Å². The number of methoxy groups -OCH3 is 1. The number of hydrogen-bond acceptors (Lipinski definition) is 2. The Morgan fingerprint density at radius 3 is 2.94 bits per heavy atom. The van der Waals surface area contributed by atoms with Crippen LogP contribution in [-0.2, 0) is 6.42 Å². The average molecular weight is 284 g/mol. The molecule has 2 rings (SSSR count). The van der Waals surface area contributed by atoms with Crippen LogP contribution >= 0.6 is 15.9 Å². The van der Waals surface area contributed by atoms with Gasteiger partial charge in [-0.15, -0.1) is 0 Å². The predicted molar refractivity (Wildman–Crippen MR) is 70.2 cm³/mol. The molecule has 1 aromatic rings. The molecule has 88 valence electrons. The van der Waals surface area contributed by atoms with Crippen LogP contribution in [0.5, 0.6) is 5.75 Å². The molecule has 0 amide bonds. The summed E-state index contributed by atoms with van der Waals surface area (Å²) in [5.41, 5.74) is 2.50. The van der Waals surface area contributed by atoms with Crippen LogP contribution in [0.15, 0.2) is 16.6 Å². The van der Waals surface area contributed by atoms with E-state index in [1.165, 1.54) is 24.0 Å². The van der Waals surface area contributed by atoms with E-state index in [0.717, 1.165) is 23.2 Å². The monoisotopic (exact) mass is 283 g/mol. The van der Waals surface area contributed by atoms with Gasteiger partial charge in [0.25, 0.3) is 0 Å². The fraction of sp³-hybridized carbons (Fsp3) is 0.538. The summed E-state index contributed by atoms with van der Waals surface area (Å²) in [6.07, 6.45) is 3.62. The highest BCUT2D eigenvalue weighted by atomic mass is 79.9. The Morgan fingerprint density at radius 2 is 2.31 bits per heavy atom. The molecule has 0 aliphatic carbocycles. The van der Waals surface area contributed by atoms with Crippen molar-refractivity contribution in [3.05, 3.63) is 27.7 Å². The summed E-state index contributed by atoms with van der Waals surface area (Å²) < 4.78 is 6.63. The van der Waals surface area contributed by atoms with Crippen molar-refractivity contribution < 1.29 is 4.74 Å². The number of halogens is 1. The quantitative estimate of drug-likeness (QED) is 0.921. The maximum Gasteiger partial charge on any atom is 0.125 e. The van der Waals surface area contributed by atoms with Gasteiger partial charge >= 0.3 is 0 Å². The largest absolute Gasteiger partial charge is 0.496 e. The highest BCUT2D eigenvalue weighted by molar-refractivity contribution is 9.10. The normalized spacial score (nSPS) is 20.1. The molecule has 3 heteroatoms. The third kappa shape index (κ3) is 2.58. The van der Waals surface area contributed by atoms with E-state index in [9.17, 15) is 0 Å². The van der Waals surface area contributed by atoms with Crippen LogP contribution in [-0.4, -0.2) is 19.7 Å². The third-order valence-electron chi connectivity index (χ3n) is 3.15. The van der Waals surface area contributed by atoms with Crippen molar-refractivity contribution in [2.24, 2.45) is 0 Å². The van der Waals surface area contributed by atoms with Gasteiger partial charge in [0.1, 0.15) is 5.75 Å². The molecule has 2 nitrogen and oxygen atoms in total. The molecule has 1 saturated heterocycles. The molecule has 0 bridgehead atoms. The van der Waals surface area contributed by atoms with Gasteiger partial charge in [-0.3, -0.25) is 0 Å². The zero-order valence-electron chi connectivity index (χ0n) is 9.85. The number of benzene rings is 1. The lowest BCUT2D eigenvalue weighted by atomic mass is 10.0. The van der Waals surface area contributed by atoms with E-state index >= 15 is 0 Å². The van der Waals surface area contributed by atoms with E-state index in [1.54, 1.807) is 7.11 Å². The van der Waals surface area contributed by atoms with E-state index in [4.69, 9.17) is 4.74 Å². The summed E-state index contributed by atoms with van der Waals surface area (Å²) >= 11 is 3.55. The fourth-order valence-corrected chi connectivity index (χ4v) is 3.06. The molecular formula is C13H18BrNO. The van der Waals surface area contributed by atoms with Crippen molar-refractivity contribution in [2.45, 2.75) is 32.2 Å². The molecule has 1 heterocycles. The number of hydrogen-bond donors (Lipinski definition) is 1. The maximum absolute atomic E-state index is 5.49. The van der Waals surface area contributed by atoms with Gasteiger partial charge < -0.3 is 10.1 Å². The molecule has 1 fully saturated rings. The summed E-state index contributed by atoms with van der Waals surface area (Å²) in [5.74, 6) is 1.04. The van der Waals surface area contributed by atoms with Crippen LogP contribution in [0.2, 0.25) is 0 Å². The fourth-order valence-electron chi connectivity index (χ4n) is 2.44. The molecule has 1 unspecified atom stereocenters. The molecule has 1 aliphatic heterocycles. The molecule has 16 heavy (non-hydrogen) atoms. The lowest BCUT2D eigenvalue weighted by Gasteiger charge is -2.15. The summed E-state index contributed by atoms with van der Waals surface area (Å²) in [5, 5.41) is 3.52. The molecule has 1 atom stereocenters. The van der Waals surface area contributed by atoms with Gasteiger partial charge in [-0.2, -0.15) is 0 Å². The molecule has 1 aliphatic rings. The van der Waals surface area contributed by atoms with Gasteiger partial charge in [-0.1, -0.05) is 15.9 Å². The van der Waals surface area contributed by atoms with Gasteiger partial charge in [-0.25, -0.2) is 0 Å². The van der Waals surface area contributed by atoms with Gasteiger partial charge in [-0.05, 0) is 56.0 Å². The molecule has 1 aromatic carbocycles. The van der Waals surface area contributed by atoms with Crippen LogP contribution in [0.25, 0.3) is 0 Å². The topological polar surface area (TPSA) is 21.3 Å². The first-order valence-corrected chi connectivity index (χ1v) is 6.56. The van der Waals surface area contributed by atoms with Crippen molar-refractivity contribution in [3.63, 3.8) is 0 Å². The highest BCUT2D eigenvalue weighted by Gasteiger charge is 2.17. The van der Waals surface area contributed by atoms with E-state index < -0.39 is 0 Å². The van der Waals surface area contributed by atoms with Crippen molar-refractivity contribution >= 4 is 15.9 Å². The Bertz CT molecular complexity index is 372. The molecular weight excluding hydrogens is 266 g/mol. The van der Waals surface area contributed by atoms with Crippen LogP contribution < -0.4 is 10.1 Å². The Morgan fingerprint density at radius 1 is 1.50 bits per heavy atom. The first-order chi connectivity index (χ1) is 7.70.